The van der Waals surface area contributed by atoms with Crippen molar-refractivity contribution in [3.63, 3.8) is 0 Å². The molecule has 0 saturated carbocycles. The van der Waals surface area contributed by atoms with Crippen molar-refractivity contribution in [3.05, 3.63) is 52.6 Å². The number of fused-ring (bicyclic) bond motifs is 1. The van der Waals surface area contributed by atoms with E-state index in [9.17, 15) is 10.1 Å². The Morgan fingerprint density at radius 2 is 2.08 bits per heavy atom. The van der Waals surface area contributed by atoms with Gasteiger partial charge in [-0.15, -0.1) is 0 Å². The smallest absolute Gasteiger partial charge is 0.271 e. The molecular weight excluding hydrogens is 326 g/mol. The third-order valence-corrected chi connectivity index (χ3v) is 4.72. The van der Waals surface area contributed by atoms with E-state index in [1.54, 1.807) is 24.9 Å². The van der Waals surface area contributed by atoms with Crippen molar-refractivity contribution in [1.82, 2.24) is 9.55 Å². The molecule has 3 rings (SSSR count). The highest BCUT2D eigenvalue weighted by Crippen LogP contribution is 2.33. The Labute approximate surface area is 143 Å². The van der Waals surface area contributed by atoms with Crippen molar-refractivity contribution in [3.8, 4) is 11.4 Å². The second kappa shape index (κ2) is 6.92. The molecule has 1 aromatic heterocycles. The lowest BCUT2D eigenvalue weighted by molar-refractivity contribution is -0.384. The molecule has 0 fully saturated rings. The van der Waals surface area contributed by atoms with Crippen LogP contribution in [-0.4, -0.2) is 27.3 Å². The first kappa shape index (κ1) is 16.3. The van der Waals surface area contributed by atoms with Gasteiger partial charge in [0.15, 0.2) is 5.16 Å². The van der Waals surface area contributed by atoms with Gasteiger partial charge in [-0.1, -0.05) is 30.8 Å². The number of hydrogen-bond acceptors (Lipinski definition) is 5. The maximum Gasteiger partial charge on any atom is 0.271 e. The minimum atomic E-state index is -0.402. The molecule has 0 spiro atoms. The molecule has 124 valence electrons. The van der Waals surface area contributed by atoms with Crippen LogP contribution in [0.2, 0.25) is 0 Å². The van der Waals surface area contributed by atoms with Gasteiger partial charge >= 0.3 is 0 Å². The quantitative estimate of drug-likeness (QED) is 0.376. The maximum atomic E-state index is 11.0. The Balaban J connectivity index is 2.24. The van der Waals surface area contributed by atoms with Crippen molar-refractivity contribution < 1.29 is 9.66 Å². The molecule has 0 amide bonds. The average molecular weight is 343 g/mol. The monoisotopic (exact) mass is 343 g/mol. The van der Waals surface area contributed by atoms with Gasteiger partial charge in [0, 0.05) is 17.9 Å². The fourth-order valence-electron chi connectivity index (χ4n) is 2.50. The Hall–Kier alpha value is -2.54. The van der Waals surface area contributed by atoms with Gasteiger partial charge in [0.1, 0.15) is 5.75 Å². The van der Waals surface area contributed by atoms with Crippen molar-refractivity contribution in [2.75, 3.05) is 12.9 Å². The summed E-state index contributed by atoms with van der Waals surface area (Å²) in [5.41, 5.74) is 2.34. The number of para-hydroxylation sites is 2. The standard InChI is InChI=1S/C17H17N3O3S/c1-3-10-24-17-18-13-11-12(20(21)22)8-9-14(13)19(17)15-6-4-5-7-16(15)23-2/h4-9,11H,3,10H2,1-2H3. The number of nitrogens with zero attached hydrogens (tertiary/aromatic N) is 3. The Kier molecular flexibility index (Phi) is 4.71. The first-order chi connectivity index (χ1) is 11.7. The molecule has 0 aliphatic carbocycles. The second-order valence-electron chi connectivity index (χ2n) is 5.18. The first-order valence-electron chi connectivity index (χ1n) is 7.58. The number of methoxy groups -OCH3 is 1. The predicted molar refractivity (Wildman–Crippen MR) is 95.3 cm³/mol. The largest absolute Gasteiger partial charge is 0.495 e. The molecule has 0 aliphatic heterocycles. The normalized spacial score (nSPS) is 10.9. The summed E-state index contributed by atoms with van der Waals surface area (Å²) in [7, 11) is 1.63. The topological polar surface area (TPSA) is 70.2 Å². The van der Waals surface area contributed by atoms with E-state index < -0.39 is 4.92 Å². The number of aromatic nitrogens is 2. The van der Waals surface area contributed by atoms with Crippen LogP contribution in [0.3, 0.4) is 0 Å². The van der Waals surface area contributed by atoms with Crippen LogP contribution in [0.25, 0.3) is 16.7 Å². The number of ether oxygens (including phenoxy) is 1. The van der Waals surface area contributed by atoms with E-state index in [2.05, 4.69) is 11.9 Å². The summed E-state index contributed by atoms with van der Waals surface area (Å²) < 4.78 is 7.47. The van der Waals surface area contributed by atoms with Crippen LogP contribution < -0.4 is 4.74 Å². The van der Waals surface area contributed by atoms with Crippen LogP contribution in [0.4, 0.5) is 5.69 Å². The van der Waals surface area contributed by atoms with Crippen LogP contribution in [0.1, 0.15) is 13.3 Å². The fraction of sp³-hybridized carbons (Fsp3) is 0.235. The summed E-state index contributed by atoms with van der Waals surface area (Å²) in [6.45, 7) is 2.11. The van der Waals surface area contributed by atoms with Crippen LogP contribution >= 0.6 is 11.8 Å². The summed E-state index contributed by atoms with van der Waals surface area (Å²) in [6.07, 6.45) is 1.01. The molecule has 0 saturated heterocycles. The van der Waals surface area contributed by atoms with Gasteiger partial charge in [-0.3, -0.25) is 14.7 Å². The van der Waals surface area contributed by atoms with Gasteiger partial charge < -0.3 is 4.74 Å². The van der Waals surface area contributed by atoms with Crippen molar-refractivity contribution in [1.29, 1.82) is 0 Å². The van der Waals surface area contributed by atoms with Gasteiger partial charge in [-0.2, -0.15) is 0 Å². The zero-order valence-electron chi connectivity index (χ0n) is 13.4. The molecule has 1 heterocycles. The SMILES string of the molecule is CCCSc1nc2cc([N+](=O)[O-])ccc2n1-c1ccccc1OC. The number of non-ortho nitro benzene ring substituents is 1. The number of nitro benzene ring substituents is 1. The summed E-state index contributed by atoms with van der Waals surface area (Å²) in [4.78, 5) is 15.2. The van der Waals surface area contributed by atoms with E-state index in [1.165, 1.54) is 12.1 Å². The third-order valence-electron chi connectivity index (χ3n) is 3.58. The van der Waals surface area contributed by atoms with Gasteiger partial charge in [-0.25, -0.2) is 4.98 Å². The molecule has 0 bridgehead atoms. The summed E-state index contributed by atoms with van der Waals surface area (Å²) in [5, 5.41) is 11.8. The van der Waals surface area contributed by atoms with Gasteiger partial charge in [0.2, 0.25) is 0 Å². The van der Waals surface area contributed by atoms with E-state index in [0.717, 1.165) is 34.3 Å². The van der Waals surface area contributed by atoms with Crippen LogP contribution in [0, 0.1) is 10.1 Å². The maximum absolute atomic E-state index is 11.0. The lowest BCUT2D eigenvalue weighted by Gasteiger charge is -2.12. The van der Waals surface area contributed by atoms with Crippen molar-refractivity contribution >= 4 is 28.5 Å². The first-order valence-corrected chi connectivity index (χ1v) is 8.57. The van der Waals surface area contributed by atoms with Gasteiger partial charge in [0.25, 0.3) is 5.69 Å². The van der Waals surface area contributed by atoms with E-state index in [0.29, 0.717) is 5.52 Å². The number of thioether (sulfide) groups is 1. The van der Waals surface area contributed by atoms with Crippen molar-refractivity contribution in [2.45, 2.75) is 18.5 Å². The fourth-order valence-corrected chi connectivity index (χ4v) is 3.37. The highest BCUT2D eigenvalue weighted by atomic mass is 32.2. The Morgan fingerprint density at radius 3 is 2.79 bits per heavy atom. The summed E-state index contributed by atoms with van der Waals surface area (Å²) >= 11 is 1.63. The molecule has 6 nitrogen and oxygen atoms in total. The lowest BCUT2D eigenvalue weighted by Crippen LogP contribution is -2.00. The highest BCUT2D eigenvalue weighted by Gasteiger charge is 2.18. The van der Waals surface area contributed by atoms with Crippen molar-refractivity contribution in [2.24, 2.45) is 0 Å². The van der Waals surface area contributed by atoms with E-state index in [4.69, 9.17) is 4.74 Å². The Morgan fingerprint density at radius 1 is 1.29 bits per heavy atom. The zero-order chi connectivity index (χ0) is 17.1. The Bertz CT molecular complexity index is 892. The second-order valence-corrected chi connectivity index (χ2v) is 6.24. The van der Waals surface area contributed by atoms with E-state index in [-0.39, 0.29) is 5.69 Å². The number of rotatable bonds is 6. The number of hydrogen-bond donors (Lipinski definition) is 0. The average Bonchev–Trinajstić information content (AvgIpc) is 2.96. The van der Waals surface area contributed by atoms with Gasteiger partial charge in [-0.05, 0) is 24.6 Å². The molecular formula is C17H17N3O3S. The summed E-state index contributed by atoms with van der Waals surface area (Å²) in [6, 6.07) is 12.4. The van der Waals surface area contributed by atoms with E-state index in [1.807, 2.05) is 28.8 Å². The van der Waals surface area contributed by atoms with Crippen LogP contribution in [0.15, 0.2) is 47.6 Å². The number of benzene rings is 2. The molecule has 0 aliphatic rings. The summed E-state index contributed by atoms with van der Waals surface area (Å²) in [5.74, 6) is 1.65. The van der Waals surface area contributed by atoms with E-state index >= 15 is 0 Å². The third kappa shape index (κ3) is 2.94. The van der Waals surface area contributed by atoms with Crippen LogP contribution in [-0.2, 0) is 0 Å². The molecule has 0 atom stereocenters. The molecule has 0 unspecified atom stereocenters. The molecule has 3 aromatic rings. The number of nitro groups is 1. The molecule has 7 heteroatoms. The molecule has 2 aromatic carbocycles. The van der Waals surface area contributed by atoms with Gasteiger partial charge in [0.05, 0.1) is 28.8 Å². The minimum absolute atomic E-state index is 0.0409. The molecule has 0 radical (unpaired) electrons. The molecule has 0 N–H and O–H groups in total. The minimum Gasteiger partial charge on any atom is -0.495 e. The predicted octanol–water partition coefficient (Wildman–Crippen LogP) is 4.44. The molecule has 24 heavy (non-hydrogen) atoms. The lowest BCUT2D eigenvalue weighted by atomic mass is 10.2. The highest BCUT2D eigenvalue weighted by molar-refractivity contribution is 7.99. The number of imidazole rings is 1. The zero-order valence-corrected chi connectivity index (χ0v) is 14.2. The van der Waals surface area contributed by atoms with Crippen LogP contribution in [0.5, 0.6) is 5.75 Å².